The summed E-state index contributed by atoms with van der Waals surface area (Å²) in [6, 6.07) is 7.51. The molecule has 6 heteroatoms. The number of hydrogen-bond acceptors (Lipinski definition) is 4. The van der Waals surface area contributed by atoms with Crippen LogP contribution in [0.1, 0.15) is 19.6 Å². The molecule has 1 saturated heterocycles. The Morgan fingerprint density at radius 2 is 2.26 bits per heavy atom. The molecule has 1 fully saturated rings. The van der Waals surface area contributed by atoms with E-state index >= 15 is 0 Å². The monoisotopic (exact) mass is 331 g/mol. The molecule has 0 saturated carbocycles. The Balaban J connectivity index is 1.71. The zero-order valence-corrected chi connectivity index (χ0v) is 14.4. The summed E-state index contributed by atoms with van der Waals surface area (Å²) in [5.41, 5.74) is 1.60. The number of benzene rings is 1. The van der Waals surface area contributed by atoms with Gasteiger partial charge in [-0.25, -0.2) is 9.78 Å². The van der Waals surface area contributed by atoms with Gasteiger partial charge in [0.05, 0.1) is 6.20 Å². The van der Waals surface area contributed by atoms with Crippen molar-refractivity contribution in [3.8, 4) is 11.5 Å². The normalized spacial score (nSPS) is 17.1. The van der Waals surface area contributed by atoms with Gasteiger partial charge in [0.1, 0.15) is 5.76 Å². The van der Waals surface area contributed by atoms with Crippen LogP contribution in [0.2, 0.25) is 0 Å². The lowest BCUT2D eigenvalue weighted by Gasteiger charge is -2.37. The lowest BCUT2D eigenvalue weighted by Crippen LogP contribution is -2.47. The summed E-state index contributed by atoms with van der Waals surface area (Å²) in [5.74, 6) is 2.30. The molecule has 2 amide bonds. The molecule has 0 unspecified atom stereocenters. The van der Waals surface area contributed by atoms with E-state index in [1.54, 1.807) is 6.20 Å². The first kappa shape index (κ1) is 15.9. The minimum Gasteiger partial charge on any atom is -0.441 e. The summed E-state index contributed by atoms with van der Waals surface area (Å²) < 4.78 is 5.64. The fraction of sp³-hybridized carbons (Fsp3) is 0.412. The average molecular weight is 331 g/mol. The fourth-order valence-corrected chi connectivity index (χ4v) is 3.72. The van der Waals surface area contributed by atoms with Gasteiger partial charge in [0, 0.05) is 34.8 Å². The number of thioether (sulfide) groups is 1. The SMILES string of the molecule is Cc1cnc(-c2cccc(NC(=O)N3CCSC(C)(C)C3)c2)o1. The number of nitrogens with one attached hydrogen (secondary N) is 1. The van der Waals surface area contributed by atoms with Crippen molar-refractivity contribution in [3.63, 3.8) is 0 Å². The Morgan fingerprint density at radius 1 is 1.43 bits per heavy atom. The van der Waals surface area contributed by atoms with E-state index in [4.69, 9.17) is 4.42 Å². The van der Waals surface area contributed by atoms with Gasteiger partial charge in [0.15, 0.2) is 0 Å². The lowest BCUT2D eigenvalue weighted by atomic mass is 10.2. The van der Waals surface area contributed by atoms with Crippen molar-refractivity contribution in [2.45, 2.75) is 25.5 Å². The molecule has 0 bridgehead atoms. The van der Waals surface area contributed by atoms with Crippen molar-refractivity contribution in [2.24, 2.45) is 0 Å². The van der Waals surface area contributed by atoms with Crippen molar-refractivity contribution in [1.29, 1.82) is 0 Å². The predicted octanol–water partition coefficient (Wildman–Crippen LogP) is 4.01. The molecule has 1 aliphatic heterocycles. The van der Waals surface area contributed by atoms with E-state index in [-0.39, 0.29) is 10.8 Å². The second kappa shape index (κ2) is 6.28. The molecule has 3 rings (SSSR count). The first-order valence-corrected chi connectivity index (χ1v) is 8.64. The number of aromatic nitrogens is 1. The highest BCUT2D eigenvalue weighted by Gasteiger charge is 2.29. The van der Waals surface area contributed by atoms with Gasteiger partial charge in [-0.2, -0.15) is 11.8 Å². The minimum absolute atomic E-state index is 0.0564. The lowest BCUT2D eigenvalue weighted by molar-refractivity contribution is 0.208. The van der Waals surface area contributed by atoms with Crippen molar-refractivity contribution in [3.05, 3.63) is 36.2 Å². The molecule has 1 aliphatic rings. The van der Waals surface area contributed by atoms with Gasteiger partial charge in [-0.05, 0) is 39.0 Å². The van der Waals surface area contributed by atoms with Gasteiger partial charge < -0.3 is 14.6 Å². The van der Waals surface area contributed by atoms with Gasteiger partial charge in [-0.1, -0.05) is 6.07 Å². The molecule has 0 atom stereocenters. The number of oxazole rings is 1. The molecule has 0 radical (unpaired) electrons. The number of hydrogen-bond donors (Lipinski definition) is 1. The van der Waals surface area contributed by atoms with E-state index in [1.807, 2.05) is 47.9 Å². The maximum Gasteiger partial charge on any atom is 0.321 e. The van der Waals surface area contributed by atoms with Gasteiger partial charge in [0.2, 0.25) is 5.89 Å². The van der Waals surface area contributed by atoms with Gasteiger partial charge in [-0.15, -0.1) is 0 Å². The Kier molecular flexibility index (Phi) is 4.35. The molecule has 1 aromatic carbocycles. The Morgan fingerprint density at radius 3 is 2.96 bits per heavy atom. The molecule has 0 aliphatic carbocycles. The number of amides is 2. The number of rotatable bonds is 2. The Labute approximate surface area is 140 Å². The van der Waals surface area contributed by atoms with Crippen molar-refractivity contribution >= 4 is 23.5 Å². The summed E-state index contributed by atoms with van der Waals surface area (Å²) >= 11 is 1.91. The van der Waals surface area contributed by atoms with E-state index < -0.39 is 0 Å². The Bertz CT molecular complexity index is 711. The molecular formula is C17H21N3O2S. The van der Waals surface area contributed by atoms with E-state index in [1.165, 1.54) is 0 Å². The molecule has 0 spiro atoms. The van der Waals surface area contributed by atoms with Crippen LogP contribution in [0.25, 0.3) is 11.5 Å². The van der Waals surface area contributed by atoms with Gasteiger partial charge in [-0.3, -0.25) is 0 Å². The Hall–Kier alpha value is -1.95. The first-order chi connectivity index (χ1) is 10.9. The maximum absolute atomic E-state index is 12.5. The topological polar surface area (TPSA) is 58.4 Å². The molecule has 5 nitrogen and oxygen atoms in total. The van der Waals surface area contributed by atoms with Crippen LogP contribution in [0, 0.1) is 6.92 Å². The van der Waals surface area contributed by atoms with Crippen molar-refractivity contribution in [2.75, 3.05) is 24.2 Å². The highest BCUT2D eigenvalue weighted by Crippen LogP contribution is 2.30. The van der Waals surface area contributed by atoms with Gasteiger partial charge >= 0.3 is 6.03 Å². The van der Waals surface area contributed by atoms with Crippen molar-refractivity contribution in [1.82, 2.24) is 9.88 Å². The van der Waals surface area contributed by atoms with Crippen LogP contribution >= 0.6 is 11.8 Å². The average Bonchev–Trinajstić information content (AvgIpc) is 2.93. The molecule has 2 aromatic rings. The van der Waals surface area contributed by atoms with E-state index in [0.29, 0.717) is 5.89 Å². The largest absolute Gasteiger partial charge is 0.441 e. The summed E-state index contributed by atoms with van der Waals surface area (Å²) in [6.07, 6.45) is 1.69. The second-order valence-electron chi connectivity index (χ2n) is 6.32. The van der Waals surface area contributed by atoms with Crippen molar-refractivity contribution < 1.29 is 9.21 Å². The third-order valence-corrected chi connectivity index (χ3v) is 4.99. The first-order valence-electron chi connectivity index (χ1n) is 7.66. The number of urea groups is 1. The molecule has 1 aromatic heterocycles. The number of carbonyl (C=O) groups excluding carboxylic acids is 1. The third kappa shape index (κ3) is 3.88. The summed E-state index contributed by atoms with van der Waals surface area (Å²) in [6.45, 7) is 7.73. The van der Waals surface area contributed by atoms with Crippen LogP contribution in [0.5, 0.6) is 0 Å². The molecule has 1 N–H and O–H groups in total. The zero-order chi connectivity index (χ0) is 16.4. The smallest absolute Gasteiger partial charge is 0.321 e. The highest BCUT2D eigenvalue weighted by molar-refractivity contribution is 8.00. The van der Waals surface area contributed by atoms with Crippen LogP contribution < -0.4 is 5.32 Å². The van der Waals surface area contributed by atoms with E-state index in [2.05, 4.69) is 24.1 Å². The molecule has 122 valence electrons. The zero-order valence-electron chi connectivity index (χ0n) is 13.6. The number of aryl methyl sites for hydroxylation is 1. The molecular weight excluding hydrogens is 310 g/mol. The fourth-order valence-electron chi connectivity index (χ4n) is 2.61. The van der Waals surface area contributed by atoms with Crippen LogP contribution in [-0.2, 0) is 0 Å². The minimum atomic E-state index is -0.0564. The number of anilines is 1. The van der Waals surface area contributed by atoms with Crippen LogP contribution in [-0.4, -0.2) is 39.5 Å². The second-order valence-corrected chi connectivity index (χ2v) is 8.12. The quantitative estimate of drug-likeness (QED) is 0.903. The molecule has 2 heterocycles. The summed E-state index contributed by atoms with van der Waals surface area (Å²) in [4.78, 5) is 18.6. The van der Waals surface area contributed by atoms with Crippen LogP contribution in [0.4, 0.5) is 10.5 Å². The van der Waals surface area contributed by atoms with Crippen LogP contribution in [0.15, 0.2) is 34.9 Å². The van der Waals surface area contributed by atoms with Crippen LogP contribution in [0.3, 0.4) is 0 Å². The highest BCUT2D eigenvalue weighted by atomic mass is 32.2. The number of nitrogens with zero attached hydrogens (tertiary/aromatic N) is 2. The van der Waals surface area contributed by atoms with E-state index in [0.717, 1.165) is 35.9 Å². The maximum atomic E-state index is 12.5. The summed E-state index contributed by atoms with van der Waals surface area (Å²) in [5, 5.41) is 2.97. The summed E-state index contributed by atoms with van der Waals surface area (Å²) in [7, 11) is 0. The number of carbonyl (C=O) groups is 1. The predicted molar refractivity (Wildman–Crippen MR) is 93.8 cm³/mol. The third-order valence-electron chi connectivity index (χ3n) is 3.69. The standard InChI is InChI=1S/C17H21N3O2S/c1-12-10-18-15(22-12)13-5-4-6-14(9-13)19-16(21)20-7-8-23-17(2,3)11-20/h4-6,9-10H,7-8,11H2,1-3H3,(H,19,21). The van der Waals surface area contributed by atoms with E-state index in [9.17, 15) is 4.79 Å². The van der Waals surface area contributed by atoms with Gasteiger partial charge in [0.25, 0.3) is 0 Å². The molecule has 23 heavy (non-hydrogen) atoms.